The minimum Gasteiger partial charge on any atom is -0.383 e. The van der Waals surface area contributed by atoms with E-state index in [0.717, 1.165) is 5.56 Å². The molecule has 1 heterocycles. The van der Waals surface area contributed by atoms with Crippen LogP contribution in [0.25, 0.3) is 11.4 Å². The van der Waals surface area contributed by atoms with Crippen LogP contribution in [0.1, 0.15) is 5.56 Å². The van der Waals surface area contributed by atoms with Crippen LogP contribution in [0.4, 0.5) is 16.0 Å². The quantitative estimate of drug-likeness (QED) is 0.601. The van der Waals surface area contributed by atoms with Gasteiger partial charge in [0.25, 0.3) is 0 Å². The van der Waals surface area contributed by atoms with Crippen molar-refractivity contribution in [3.8, 4) is 11.4 Å². The van der Waals surface area contributed by atoms with Gasteiger partial charge in [0.1, 0.15) is 17.5 Å². The molecular formula is C20H21FN4O. The molecule has 0 bridgehead atoms. The van der Waals surface area contributed by atoms with Gasteiger partial charge in [0.2, 0.25) is 0 Å². The number of benzene rings is 2. The summed E-state index contributed by atoms with van der Waals surface area (Å²) in [5.41, 5.74) is 1.50. The number of anilines is 2. The maximum absolute atomic E-state index is 13.8. The first kappa shape index (κ1) is 17.8. The van der Waals surface area contributed by atoms with Crippen molar-refractivity contribution >= 4 is 11.6 Å². The molecule has 0 aliphatic carbocycles. The van der Waals surface area contributed by atoms with Gasteiger partial charge in [0, 0.05) is 37.4 Å². The Hall–Kier alpha value is -2.99. The van der Waals surface area contributed by atoms with E-state index in [4.69, 9.17) is 4.74 Å². The van der Waals surface area contributed by atoms with Crippen molar-refractivity contribution in [3.05, 3.63) is 72.0 Å². The molecule has 2 N–H and O–H groups in total. The van der Waals surface area contributed by atoms with Gasteiger partial charge in [0.05, 0.1) is 6.61 Å². The van der Waals surface area contributed by atoms with Crippen LogP contribution in [-0.4, -0.2) is 30.2 Å². The molecule has 0 aliphatic rings. The molecule has 0 unspecified atom stereocenters. The summed E-state index contributed by atoms with van der Waals surface area (Å²) in [6.45, 7) is 1.55. The Morgan fingerprint density at radius 1 is 0.923 bits per heavy atom. The van der Waals surface area contributed by atoms with Crippen LogP contribution in [0, 0.1) is 5.82 Å². The monoisotopic (exact) mass is 352 g/mol. The van der Waals surface area contributed by atoms with Crippen molar-refractivity contribution in [1.82, 2.24) is 9.97 Å². The Kier molecular flexibility index (Phi) is 6.11. The number of ether oxygens (including phenoxy) is 1. The van der Waals surface area contributed by atoms with Crippen LogP contribution in [-0.2, 0) is 11.3 Å². The van der Waals surface area contributed by atoms with Gasteiger partial charge in [-0.1, -0.05) is 48.5 Å². The number of nitrogens with one attached hydrogen (secondary N) is 2. The van der Waals surface area contributed by atoms with Crippen LogP contribution in [0.3, 0.4) is 0 Å². The first-order valence-corrected chi connectivity index (χ1v) is 8.41. The summed E-state index contributed by atoms with van der Waals surface area (Å²) in [5, 5.41) is 6.40. The van der Waals surface area contributed by atoms with E-state index in [2.05, 4.69) is 20.6 Å². The second kappa shape index (κ2) is 8.92. The summed E-state index contributed by atoms with van der Waals surface area (Å²) < 4.78 is 18.9. The lowest BCUT2D eigenvalue weighted by atomic mass is 10.2. The van der Waals surface area contributed by atoms with Gasteiger partial charge in [-0.3, -0.25) is 0 Å². The molecule has 134 valence electrons. The van der Waals surface area contributed by atoms with Gasteiger partial charge in [-0.05, 0) is 6.07 Å². The lowest BCUT2D eigenvalue weighted by Crippen LogP contribution is -2.11. The maximum atomic E-state index is 13.8. The zero-order valence-corrected chi connectivity index (χ0v) is 14.6. The molecular weight excluding hydrogens is 331 g/mol. The van der Waals surface area contributed by atoms with Crippen LogP contribution in [0.5, 0.6) is 0 Å². The minimum absolute atomic E-state index is 0.240. The summed E-state index contributed by atoms with van der Waals surface area (Å²) in [5.74, 6) is 1.67. The molecule has 0 aliphatic heterocycles. The molecule has 5 nitrogen and oxygen atoms in total. The van der Waals surface area contributed by atoms with Gasteiger partial charge >= 0.3 is 0 Å². The number of rotatable bonds is 8. The lowest BCUT2D eigenvalue weighted by Gasteiger charge is -2.12. The molecule has 6 heteroatoms. The van der Waals surface area contributed by atoms with Crippen molar-refractivity contribution in [2.45, 2.75) is 6.54 Å². The highest BCUT2D eigenvalue weighted by Gasteiger charge is 2.08. The van der Waals surface area contributed by atoms with E-state index >= 15 is 0 Å². The molecule has 0 atom stereocenters. The molecule has 26 heavy (non-hydrogen) atoms. The van der Waals surface area contributed by atoms with Gasteiger partial charge in [0.15, 0.2) is 5.82 Å². The second-order valence-corrected chi connectivity index (χ2v) is 5.69. The topological polar surface area (TPSA) is 59.1 Å². The van der Waals surface area contributed by atoms with E-state index in [-0.39, 0.29) is 5.82 Å². The number of halogens is 1. The Balaban J connectivity index is 1.83. The average Bonchev–Trinajstić information content (AvgIpc) is 2.68. The lowest BCUT2D eigenvalue weighted by molar-refractivity contribution is 0.210. The van der Waals surface area contributed by atoms with E-state index in [1.807, 2.05) is 42.5 Å². The van der Waals surface area contributed by atoms with Crippen molar-refractivity contribution in [3.63, 3.8) is 0 Å². The number of methoxy groups -OCH3 is 1. The predicted octanol–water partition coefficient (Wildman–Crippen LogP) is 3.95. The average molecular weight is 352 g/mol. The second-order valence-electron chi connectivity index (χ2n) is 5.69. The van der Waals surface area contributed by atoms with Crippen molar-refractivity contribution < 1.29 is 9.13 Å². The maximum Gasteiger partial charge on any atom is 0.163 e. The van der Waals surface area contributed by atoms with Crippen molar-refractivity contribution in [2.24, 2.45) is 0 Å². The van der Waals surface area contributed by atoms with Crippen LogP contribution < -0.4 is 10.6 Å². The fraction of sp³-hybridized carbons (Fsp3) is 0.200. The summed E-state index contributed by atoms with van der Waals surface area (Å²) in [7, 11) is 1.65. The molecule has 0 saturated heterocycles. The first-order valence-electron chi connectivity index (χ1n) is 8.41. The van der Waals surface area contributed by atoms with Crippen molar-refractivity contribution in [2.75, 3.05) is 30.9 Å². The summed E-state index contributed by atoms with van der Waals surface area (Å²) in [4.78, 5) is 9.12. The van der Waals surface area contributed by atoms with Gasteiger partial charge in [-0.25, -0.2) is 14.4 Å². The third kappa shape index (κ3) is 4.77. The normalized spacial score (nSPS) is 10.5. The van der Waals surface area contributed by atoms with E-state index in [1.165, 1.54) is 6.07 Å². The molecule has 0 fully saturated rings. The largest absolute Gasteiger partial charge is 0.383 e. The van der Waals surface area contributed by atoms with Crippen molar-refractivity contribution in [1.29, 1.82) is 0 Å². The zero-order valence-electron chi connectivity index (χ0n) is 14.6. The number of nitrogens with zero attached hydrogens (tertiary/aromatic N) is 2. The first-order chi connectivity index (χ1) is 12.8. The molecule has 0 spiro atoms. The molecule has 3 rings (SSSR count). The summed E-state index contributed by atoms with van der Waals surface area (Å²) in [6, 6.07) is 18.2. The van der Waals surface area contributed by atoms with E-state index in [0.29, 0.717) is 42.7 Å². The molecule has 2 aromatic carbocycles. The van der Waals surface area contributed by atoms with E-state index in [9.17, 15) is 4.39 Å². The fourth-order valence-corrected chi connectivity index (χ4v) is 2.45. The van der Waals surface area contributed by atoms with Crippen LogP contribution in [0.2, 0.25) is 0 Å². The van der Waals surface area contributed by atoms with E-state index < -0.39 is 0 Å². The fourth-order valence-electron chi connectivity index (χ4n) is 2.45. The predicted molar refractivity (Wildman–Crippen MR) is 102 cm³/mol. The molecule has 0 amide bonds. The molecule has 3 aromatic rings. The number of hydrogen-bond donors (Lipinski definition) is 2. The Labute approximate surface area is 152 Å². The summed E-state index contributed by atoms with van der Waals surface area (Å²) in [6.07, 6.45) is 0. The molecule has 0 radical (unpaired) electrons. The van der Waals surface area contributed by atoms with Gasteiger partial charge < -0.3 is 15.4 Å². The SMILES string of the molecule is COCCNc1cc(NCc2ccccc2F)nc(-c2ccccc2)n1. The van der Waals surface area contributed by atoms with Crippen LogP contribution in [0.15, 0.2) is 60.7 Å². The highest BCUT2D eigenvalue weighted by Crippen LogP contribution is 2.20. The van der Waals surface area contributed by atoms with Crippen LogP contribution >= 0.6 is 0 Å². The third-order valence-electron chi connectivity index (χ3n) is 3.79. The number of hydrogen-bond acceptors (Lipinski definition) is 5. The zero-order chi connectivity index (χ0) is 18.2. The highest BCUT2D eigenvalue weighted by molar-refractivity contribution is 5.61. The Bertz CT molecular complexity index is 842. The van der Waals surface area contributed by atoms with Gasteiger partial charge in [-0.15, -0.1) is 0 Å². The highest BCUT2D eigenvalue weighted by atomic mass is 19.1. The standard InChI is InChI=1S/C20H21FN4O/c1-26-12-11-22-18-13-19(23-14-16-9-5-6-10-17(16)21)25-20(24-18)15-7-3-2-4-8-15/h2-10,13H,11-12,14H2,1H3,(H2,22,23,24,25). The Morgan fingerprint density at radius 2 is 1.62 bits per heavy atom. The molecule has 0 saturated carbocycles. The third-order valence-corrected chi connectivity index (χ3v) is 3.79. The molecule has 1 aromatic heterocycles. The smallest absolute Gasteiger partial charge is 0.163 e. The minimum atomic E-state index is -0.240. The summed E-state index contributed by atoms with van der Waals surface area (Å²) >= 11 is 0. The van der Waals surface area contributed by atoms with E-state index in [1.54, 1.807) is 19.2 Å². The number of aromatic nitrogens is 2. The van der Waals surface area contributed by atoms with Gasteiger partial charge in [-0.2, -0.15) is 0 Å². The Morgan fingerprint density at radius 3 is 2.35 bits per heavy atom.